The average molecular weight is 294 g/mol. The summed E-state index contributed by atoms with van der Waals surface area (Å²) in [5, 5.41) is 11.7. The van der Waals surface area contributed by atoms with E-state index < -0.39 is 0 Å². The van der Waals surface area contributed by atoms with Gasteiger partial charge in [-0.15, -0.1) is 0 Å². The maximum absolute atomic E-state index is 8.82. The molecule has 0 aromatic heterocycles. The highest BCUT2D eigenvalue weighted by molar-refractivity contribution is 6.31. The van der Waals surface area contributed by atoms with Gasteiger partial charge in [0.1, 0.15) is 12.4 Å². The van der Waals surface area contributed by atoms with Gasteiger partial charge in [0, 0.05) is 10.6 Å². The lowest BCUT2D eigenvalue weighted by Gasteiger charge is -2.09. The fourth-order valence-electron chi connectivity index (χ4n) is 2.15. The Morgan fingerprint density at radius 3 is 2.52 bits per heavy atom. The maximum Gasteiger partial charge on any atom is 0.120 e. The van der Waals surface area contributed by atoms with Crippen molar-refractivity contribution in [2.24, 2.45) is 0 Å². The monoisotopic (exact) mass is 293 g/mol. The summed E-state index contributed by atoms with van der Waals surface area (Å²) in [5.74, 6) is 0.800. The second-order valence-corrected chi connectivity index (χ2v) is 5.12. The van der Waals surface area contributed by atoms with E-state index in [9.17, 15) is 0 Å². The molecule has 3 rings (SSSR count). The average Bonchev–Trinajstić information content (AvgIpc) is 2.53. The fraction of sp³-hybridized carbons (Fsp3) is 0.0556. The number of halogens is 1. The van der Waals surface area contributed by atoms with Gasteiger partial charge in [-0.25, -0.2) is 0 Å². The van der Waals surface area contributed by atoms with E-state index in [2.05, 4.69) is 18.2 Å². The Morgan fingerprint density at radius 2 is 1.76 bits per heavy atom. The largest absolute Gasteiger partial charge is 0.489 e. The quantitative estimate of drug-likeness (QED) is 0.685. The van der Waals surface area contributed by atoms with Crippen molar-refractivity contribution >= 4 is 22.4 Å². The number of nitrogens with zero attached hydrogens (tertiary/aromatic N) is 1. The summed E-state index contributed by atoms with van der Waals surface area (Å²) in [7, 11) is 0. The van der Waals surface area contributed by atoms with Gasteiger partial charge in [0.05, 0.1) is 11.6 Å². The summed E-state index contributed by atoms with van der Waals surface area (Å²) in [6.07, 6.45) is 0. The molecule has 0 aliphatic rings. The number of hydrogen-bond acceptors (Lipinski definition) is 2. The first-order valence-electron chi connectivity index (χ1n) is 6.56. The molecule has 3 aromatic rings. The van der Waals surface area contributed by atoms with E-state index in [1.54, 1.807) is 12.1 Å². The van der Waals surface area contributed by atoms with E-state index in [1.165, 1.54) is 5.39 Å². The lowest BCUT2D eigenvalue weighted by Crippen LogP contribution is -1.96. The molecule has 0 bridgehead atoms. The summed E-state index contributed by atoms with van der Waals surface area (Å²) < 4.78 is 5.79. The molecule has 0 heterocycles. The Hall–Kier alpha value is -2.50. The number of nitriles is 1. The van der Waals surface area contributed by atoms with Crippen molar-refractivity contribution in [1.82, 2.24) is 0 Å². The van der Waals surface area contributed by atoms with Gasteiger partial charge >= 0.3 is 0 Å². The number of rotatable bonds is 3. The maximum atomic E-state index is 8.82. The summed E-state index contributed by atoms with van der Waals surface area (Å²) in [4.78, 5) is 0. The summed E-state index contributed by atoms with van der Waals surface area (Å²) in [6.45, 7) is 0.378. The zero-order valence-corrected chi connectivity index (χ0v) is 12.0. The van der Waals surface area contributed by atoms with Crippen LogP contribution in [0, 0.1) is 11.3 Å². The first kappa shape index (κ1) is 13.5. The Bertz CT molecular complexity index is 836. The van der Waals surface area contributed by atoms with Crippen LogP contribution < -0.4 is 4.74 Å². The normalized spacial score (nSPS) is 10.3. The highest BCUT2D eigenvalue weighted by Gasteiger charge is 2.04. The lowest BCUT2D eigenvalue weighted by molar-refractivity contribution is 0.307. The van der Waals surface area contributed by atoms with Crippen LogP contribution in [0.4, 0.5) is 0 Å². The van der Waals surface area contributed by atoms with Crippen molar-refractivity contribution in [1.29, 1.82) is 5.26 Å². The molecule has 102 valence electrons. The van der Waals surface area contributed by atoms with E-state index in [4.69, 9.17) is 21.6 Å². The summed E-state index contributed by atoms with van der Waals surface area (Å²) in [6, 6.07) is 21.4. The van der Waals surface area contributed by atoms with Crippen LogP contribution in [0.15, 0.2) is 60.7 Å². The van der Waals surface area contributed by atoms with Crippen LogP contribution in [0.5, 0.6) is 5.75 Å². The predicted molar refractivity (Wildman–Crippen MR) is 84.4 cm³/mol. The van der Waals surface area contributed by atoms with Crippen LogP contribution >= 0.6 is 11.6 Å². The number of fused-ring (bicyclic) bond motifs is 1. The first-order chi connectivity index (χ1) is 10.3. The van der Waals surface area contributed by atoms with E-state index >= 15 is 0 Å². The molecule has 0 amide bonds. The van der Waals surface area contributed by atoms with Crippen molar-refractivity contribution in [3.05, 3.63) is 76.8 Å². The van der Waals surface area contributed by atoms with Crippen LogP contribution in [-0.2, 0) is 6.61 Å². The van der Waals surface area contributed by atoms with Crippen molar-refractivity contribution in [3.8, 4) is 11.8 Å². The summed E-state index contributed by atoms with van der Waals surface area (Å²) in [5.41, 5.74) is 1.42. The zero-order chi connectivity index (χ0) is 14.7. The molecule has 0 spiro atoms. The molecule has 0 unspecified atom stereocenters. The van der Waals surface area contributed by atoms with Gasteiger partial charge < -0.3 is 4.74 Å². The van der Waals surface area contributed by atoms with E-state index in [-0.39, 0.29) is 0 Å². The number of ether oxygens (including phenoxy) is 1. The van der Waals surface area contributed by atoms with Crippen molar-refractivity contribution in [3.63, 3.8) is 0 Å². The van der Waals surface area contributed by atoms with Crippen LogP contribution in [0.1, 0.15) is 11.1 Å². The number of hydrogen-bond donors (Lipinski definition) is 0. The van der Waals surface area contributed by atoms with Gasteiger partial charge in [-0.2, -0.15) is 5.26 Å². The zero-order valence-electron chi connectivity index (χ0n) is 11.2. The molecule has 2 nitrogen and oxygen atoms in total. The minimum Gasteiger partial charge on any atom is -0.489 e. The first-order valence-corrected chi connectivity index (χ1v) is 6.94. The van der Waals surface area contributed by atoms with Gasteiger partial charge in [-0.3, -0.25) is 0 Å². The SMILES string of the molecule is N#Cc1ccc(COc2ccc3ccccc3c2)c(Cl)c1. The van der Waals surface area contributed by atoms with Crippen molar-refractivity contribution in [2.75, 3.05) is 0 Å². The Labute approximate surface area is 128 Å². The third-order valence-electron chi connectivity index (χ3n) is 3.30. The van der Waals surface area contributed by atoms with Crippen molar-refractivity contribution in [2.45, 2.75) is 6.61 Å². The molecule has 0 aliphatic heterocycles. The van der Waals surface area contributed by atoms with Crippen LogP contribution in [0.3, 0.4) is 0 Å². The molecule has 0 atom stereocenters. The Balaban J connectivity index is 1.78. The van der Waals surface area contributed by atoms with Gasteiger partial charge in [-0.05, 0) is 35.0 Å². The molecule has 0 saturated carbocycles. The Kier molecular flexibility index (Phi) is 3.77. The molecule has 0 radical (unpaired) electrons. The second kappa shape index (κ2) is 5.87. The molecule has 0 aliphatic carbocycles. The van der Waals surface area contributed by atoms with Crippen LogP contribution in [0.25, 0.3) is 10.8 Å². The van der Waals surface area contributed by atoms with Gasteiger partial charge in [-0.1, -0.05) is 48.0 Å². The highest BCUT2D eigenvalue weighted by atomic mass is 35.5. The fourth-order valence-corrected chi connectivity index (χ4v) is 2.39. The summed E-state index contributed by atoms with van der Waals surface area (Å²) >= 11 is 6.14. The van der Waals surface area contributed by atoms with Gasteiger partial charge in [0.2, 0.25) is 0 Å². The van der Waals surface area contributed by atoms with E-state index in [0.29, 0.717) is 17.2 Å². The molecule has 0 N–H and O–H groups in total. The number of benzene rings is 3. The highest BCUT2D eigenvalue weighted by Crippen LogP contribution is 2.23. The molecule has 0 saturated heterocycles. The molecular formula is C18H12ClNO. The third-order valence-corrected chi connectivity index (χ3v) is 3.65. The molecule has 21 heavy (non-hydrogen) atoms. The second-order valence-electron chi connectivity index (χ2n) is 4.72. The van der Waals surface area contributed by atoms with E-state index in [1.807, 2.05) is 36.4 Å². The third kappa shape index (κ3) is 2.99. The minimum absolute atomic E-state index is 0.378. The smallest absolute Gasteiger partial charge is 0.120 e. The lowest BCUT2D eigenvalue weighted by atomic mass is 10.1. The Morgan fingerprint density at radius 1 is 0.952 bits per heavy atom. The van der Waals surface area contributed by atoms with Crippen molar-refractivity contribution < 1.29 is 4.74 Å². The van der Waals surface area contributed by atoms with E-state index in [0.717, 1.165) is 16.7 Å². The topological polar surface area (TPSA) is 33.0 Å². The molecule has 3 aromatic carbocycles. The van der Waals surface area contributed by atoms with Crippen LogP contribution in [-0.4, -0.2) is 0 Å². The molecule has 3 heteroatoms. The molecular weight excluding hydrogens is 282 g/mol. The van der Waals surface area contributed by atoms with Gasteiger partial charge in [0.15, 0.2) is 0 Å². The van der Waals surface area contributed by atoms with Crippen LogP contribution in [0.2, 0.25) is 5.02 Å². The molecule has 0 fully saturated rings. The van der Waals surface area contributed by atoms with Gasteiger partial charge in [0.25, 0.3) is 0 Å². The predicted octanol–water partition coefficient (Wildman–Crippen LogP) is 4.94. The standard InChI is InChI=1S/C18H12ClNO/c19-18-9-13(11-20)5-6-16(18)12-21-17-8-7-14-3-1-2-4-15(14)10-17/h1-10H,12H2. The minimum atomic E-state index is 0.378.